The van der Waals surface area contributed by atoms with Crippen LogP contribution in [0.15, 0.2) is 41.4 Å². The molecule has 5 nitrogen and oxygen atoms in total. The van der Waals surface area contributed by atoms with Crippen molar-refractivity contribution in [1.29, 1.82) is 0 Å². The fourth-order valence-electron chi connectivity index (χ4n) is 1.63. The number of amides is 1. The summed E-state index contributed by atoms with van der Waals surface area (Å²) < 4.78 is 0. The maximum atomic E-state index is 12.2. The summed E-state index contributed by atoms with van der Waals surface area (Å²) >= 11 is 7.51. The molecule has 0 atom stereocenters. The van der Waals surface area contributed by atoms with E-state index in [1.54, 1.807) is 12.1 Å². The van der Waals surface area contributed by atoms with Gasteiger partial charge >= 0.3 is 5.97 Å². The lowest BCUT2D eigenvalue weighted by molar-refractivity contribution is 0.0690. The van der Waals surface area contributed by atoms with Crippen molar-refractivity contribution in [2.45, 2.75) is 4.90 Å². The standard InChI is InChI=1S/C14H11ClN2O3S/c1-21-9-2-3-11(15)10(7-9)13(18)17-8-4-5-16-12(6-8)14(19)20/h2-7H,1H3,(H,19,20)(H,16,17,18). The van der Waals surface area contributed by atoms with Crippen LogP contribution in [-0.4, -0.2) is 28.2 Å². The number of aromatic nitrogens is 1. The Morgan fingerprint density at radius 1 is 1.29 bits per heavy atom. The van der Waals surface area contributed by atoms with Gasteiger partial charge in [0.15, 0.2) is 0 Å². The second kappa shape index (κ2) is 6.60. The number of aromatic carboxylic acids is 1. The Hall–Kier alpha value is -2.05. The maximum Gasteiger partial charge on any atom is 0.354 e. The van der Waals surface area contributed by atoms with Crippen molar-refractivity contribution in [2.24, 2.45) is 0 Å². The number of carbonyl (C=O) groups excluding carboxylic acids is 1. The van der Waals surface area contributed by atoms with Gasteiger partial charge in [-0.2, -0.15) is 0 Å². The Balaban J connectivity index is 2.25. The van der Waals surface area contributed by atoms with Gasteiger partial charge in [0, 0.05) is 16.8 Å². The molecule has 1 aromatic carbocycles. The molecule has 0 bridgehead atoms. The van der Waals surface area contributed by atoms with Crippen molar-refractivity contribution in [1.82, 2.24) is 4.98 Å². The fraction of sp³-hybridized carbons (Fsp3) is 0.0714. The number of pyridine rings is 1. The van der Waals surface area contributed by atoms with E-state index in [1.807, 2.05) is 12.3 Å². The quantitative estimate of drug-likeness (QED) is 0.843. The Bertz CT molecular complexity index is 706. The number of nitrogens with zero attached hydrogens (tertiary/aromatic N) is 1. The minimum Gasteiger partial charge on any atom is -0.477 e. The van der Waals surface area contributed by atoms with Gasteiger partial charge in [-0.15, -0.1) is 11.8 Å². The zero-order valence-corrected chi connectivity index (χ0v) is 12.5. The second-order valence-corrected chi connectivity index (χ2v) is 5.32. The van der Waals surface area contributed by atoms with Crippen LogP contribution in [-0.2, 0) is 0 Å². The SMILES string of the molecule is CSc1ccc(Cl)c(C(=O)Nc2ccnc(C(=O)O)c2)c1. The third kappa shape index (κ3) is 3.74. The number of benzene rings is 1. The van der Waals surface area contributed by atoms with E-state index < -0.39 is 11.9 Å². The fourth-order valence-corrected chi connectivity index (χ4v) is 2.27. The Morgan fingerprint density at radius 2 is 2.05 bits per heavy atom. The van der Waals surface area contributed by atoms with Crippen LogP contribution in [0.25, 0.3) is 0 Å². The third-order valence-electron chi connectivity index (χ3n) is 2.66. The van der Waals surface area contributed by atoms with Gasteiger partial charge in [-0.25, -0.2) is 9.78 Å². The van der Waals surface area contributed by atoms with Crippen LogP contribution in [0.2, 0.25) is 5.02 Å². The average Bonchev–Trinajstić information content (AvgIpc) is 2.48. The van der Waals surface area contributed by atoms with E-state index in [9.17, 15) is 9.59 Å². The molecular weight excluding hydrogens is 312 g/mol. The molecule has 0 aliphatic heterocycles. The topological polar surface area (TPSA) is 79.3 Å². The molecule has 108 valence electrons. The van der Waals surface area contributed by atoms with Gasteiger partial charge in [0.1, 0.15) is 5.69 Å². The number of hydrogen-bond acceptors (Lipinski definition) is 4. The van der Waals surface area contributed by atoms with Gasteiger partial charge in [0.05, 0.1) is 10.6 Å². The molecule has 7 heteroatoms. The zero-order valence-electron chi connectivity index (χ0n) is 11.0. The number of carboxylic acid groups (broad SMARTS) is 1. The molecule has 1 heterocycles. The molecule has 0 aliphatic rings. The third-order valence-corrected chi connectivity index (χ3v) is 3.71. The molecule has 0 unspecified atom stereocenters. The predicted molar refractivity (Wildman–Crippen MR) is 82.4 cm³/mol. The van der Waals surface area contributed by atoms with Crippen LogP contribution in [0.1, 0.15) is 20.8 Å². The predicted octanol–water partition coefficient (Wildman–Crippen LogP) is 3.41. The maximum absolute atomic E-state index is 12.2. The molecule has 0 aliphatic carbocycles. The summed E-state index contributed by atoms with van der Waals surface area (Å²) in [4.78, 5) is 27.7. The number of hydrogen-bond donors (Lipinski definition) is 2. The highest BCUT2D eigenvalue weighted by atomic mass is 35.5. The van der Waals surface area contributed by atoms with E-state index in [4.69, 9.17) is 16.7 Å². The van der Waals surface area contributed by atoms with E-state index in [-0.39, 0.29) is 5.69 Å². The summed E-state index contributed by atoms with van der Waals surface area (Å²) in [6.45, 7) is 0. The lowest BCUT2D eigenvalue weighted by atomic mass is 10.2. The zero-order chi connectivity index (χ0) is 15.4. The number of rotatable bonds is 4. The molecular formula is C14H11ClN2O3S. The van der Waals surface area contributed by atoms with Crippen LogP contribution in [0.4, 0.5) is 5.69 Å². The van der Waals surface area contributed by atoms with Crippen LogP contribution < -0.4 is 5.32 Å². The lowest BCUT2D eigenvalue weighted by Gasteiger charge is -2.08. The molecule has 0 radical (unpaired) electrons. The second-order valence-electron chi connectivity index (χ2n) is 4.03. The van der Waals surface area contributed by atoms with Gasteiger partial charge in [-0.05, 0) is 36.6 Å². The van der Waals surface area contributed by atoms with Crippen LogP contribution in [0, 0.1) is 0 Å². The monoisotopic (exact) mass is 322 g/mol. The normalized spacial score (nSPS) is 10.2. The summed E-state index contributed by atoms with van der Waals surface area (Å²) in [6, 6.07) is 7.95. The first-order valence-electron chi connectivity index (χ1n) is 5.85. The van der Waals surface area contributed by atoms with Crippen molar-refractivity contribution in [2.75, 3.05) is 11.6 Å². The summed E-state index contributed by atoms with van der Waals surface area (Å²) in [5.74, 6) is -1.56. The van der Waals surface area contributed by atoms with E-state index in [0.717, 1.165) is 4.90 Å². The van der Waals surface area contributed by atoms with Gasteiger partial charge in [-0.3, -0.25) is 4.79 Å². The molecule has 21 heavy (non-hydrogen) atoms. The molecule has 2 rings (SSSR count). The first kappa shape index (κ1) is 15.3. The number of carbonyl (C=O) groups is 2. The van der Waals surface area contributed by atoms with Crippen molar-refractivity contribution in [3.63, 3.8) is 0 Å². The highest BCUT2D eigenvalue weighted by molar-refractivity contribution is 7.98. The molecule has 0 saturated heterocycles. The van der Waals surface area contributed by atoms with Gasteiger partial charge in [0.25, 0.3) is 5.91 Å². The average molecular weight is 323 g/mol. The van der Waals surface area contributed by atoms with Gasteiger partial charge in [0.2, 0.25) is 0 Å². The number of halogens is 1. The van der Waals surface area contributed by atoms with E-state index in [1.165, 1.54) is 30.1 Å². The number of anilines is 1. The molecule has 0 spiro atoms. The van der Waals surface area contributed by atoms with Crippen molar-refractivity contribution < 1.29 is 14.7 Å². The number of nitrogens with one attached hydrogen (secondary N) is 1. The van der Waals surface area contributed by atoms with E-state index >= 15 is 0 Å². The summed E-state index contributed by atoms with van der Waals surface area (Å²) in [7, 11) is 0. The highest BCUT2D eigenvalue weighted by Gasteiger charge is 2.13. The van der Waals surface area contributed by atoms with E-state index in [2.05, 4.69) is 10.3 Å². The minimum atomic E-state index is -1.16. The summed E-state index contributed by atoms with van der Waals surface area (Å²) in [5.41, 5.74) is 0.534. The van der Waals surface area contributed by atoms with Crippen LogP contribution >= 0.6 is 23.4 Å². The number of thioether (sulfide) groups is 1. The van der Waals surface area contributed by atoms with Crippen LogP contribution in [0.5, 0.6) is 0 Å². The summed E-state index contributed by atoms with van der Waals surface area (Å²) in [6.07, 6.45) is 3.21. The van der Waals surface area contributed by atoms with Crippen molar-refractivity contribution >= 4 is 40.9 Å². The molecule has 1 amide bonds. The molecule has 0 saturated carbocycles. The molecule has 2 N–H and O–H groups in total. The van der Waals surface area contributed by atoms with Gasteiger partial charge in [-0.1, -0.05) is 11.6 Å². The Kier molecular flexibility index (Phi) is 4.82. The molecule has 1 aromatic heterocycles. The Morgan fingerprint density at radius 3 is 2.71 bits per heavy atom. The Labute approximate surface area is 130 Å². The largest absolute Gasteiger partial charge is 0.477 e. The first-order valence-corrected chi connectivity index (χ1v) is 7.46. The first-order chi connectivity index (χ1) is 10.0. The lowest BCUT2D eigenvalue weighted by Crippen LogP contribution is -2.13. The minimum absolute atomic E-state index is 0.142. The van der Waals surface area contributed by atoms with Crippen molar-refractivity contribution in [3.05, 3.63) is 52.8 Å². The summed E-state index contributed by atoms with van der Waals surface area (Å²) in [5, 5.41) is 11.8. The van der Waals surface area contributed by atoms with Gasteiger partial charge < -0.3 is 10.4 Å². The van der Waals surface area contributed by atoms with E-state index in [0.29, 0.717) is 16.3 Å². The number of carboxylic acids is 1. The molecule has 0 fully saturated rings. The van der Waals surface area contributed by atoms with Crippen molar-refractivity contribution in [3.8, 4) is 0 Å². The smallest absolute Gasteiger partial charge is 0.354 e. The highest BCUT2D eigenvalue weighted by Crippen LogP contribution is 2.24. The van der Waals surface area contributed by atoms with Crippen LogP contribution in [0.3, 0.4) is 0 Å². The molecule has 2 aromatic rings.